The molecule has 0 radical (unpaired) electrons. The molecular weight excluding hydrogens is 384 g/mol. The van der Waals surface area contributed by atoms with E-state index in [2.05, 4.69) is 26.2 Å². The minimum absolute atomic E-state index is 0.00669. The van der Waals surface area contributed by atoms with E-state index in [-0.39, 0.29) is 5.91 Å². The van der Waals surface area contributed by atoms with Crippen LogP contribution in [-0.4, -0.2) is 66.0 Å². The Bertz CT molecular complexity index is 819. The van der Waals surface area contributed by atoms with Crippen LogP contribution in [0.5, 0.6) is 0 Å². The third-order valence-corrected chi connectivity index (χ3v) is 6.76. The molecule has 1 N–H and O–H groups in total. The minimum Gasteiger partial charge on any atom is -0.352 e. The van der Waals surface area contributed by atoms with Crippen LogP contribution < -0.4 is 5.32 Å². The van der Waals surface area contributed by atoms with Gasteiger partial charge in [0.05, 0.1) is 5.69 Å². The van der Waals surface area contributed by atoms with Crippen molar-refractivity contribution in [3.8, 4) is 11.3 Å². The highest BCUT2D eigenvalue weighted by Crippen LogP contribution is 2.21. The maximum Gasteiger partial charge on any atom is 0.251 e. The number of hydrogen-bond acceptors (Lipinski definition) is 4. The van der Waals surface area contributed by atoms with E-state index in [1.54, 1.807) is 0 Å². The van der Waals surface area contributed by atoms with Gasteiger partial charge in [0.15, 0.2) is 0 Å². The molecule has 0 aliphatic carbocycles. The zero-order valence-corrected chi connectivity index (χ0v) is 18.9. The molecule has 31 heavy (non-hydrogen) atoms. The molecule has 4 rings (SSSR count). The van der Waals surface area contributed by atoms with E-state index in [1.807, 2.05) is 43.5 Å². The summed E-state index contributed by atoms with van der Waals surface area (Å²) in [7, 11) is 0. The average Bonchev–Trinajstić information content (AvgIpc) is 2.83. The molecule has 166 valence electrons. The van der Waals surface area contributed by atoms with Crippen molar-refractivity contribution in [2.75, 3.05) is 39.3 Å². The Hall–Kier alpha value is -2.24. The fraction of sp³-hybridized carbons (Fsp3) is 0.538. The summed E-state index contributed by atoms with van der Waals surface area (Å²) in [6.45, 7) is 8.84. The standard InChI is InChI=1S/C26H36N4O/c1-21-6-11-25(28-20-21)22-7-9-23(10-8-22)26(31)27-14-5-15-29-18-12-24(13-19-29)30-16-3-2-4-17-30/h6-11,20,24H,2-5,12-19H2,1H3,(H,27,31). The SMILES string of the molecule is Cc1ccc(-c2ccc(C(=O)NCCCN3CCC(N4CCCCC4)CC3)cc2)nc1. The highest BCUT2D eigenvalue weighted by molar-refractivity contribution is 5.94. The number of carbonyl (C=O) groups excluding carboxylic acids is 1. The second kappa shape index (κ2) is 10.9. The second-order valence-electron chi connectivity index (χ2n) is 9.08. The van der Waals surface area contributed by atoms with Crippen molar-refractivity contribution in [2.45, 2.75) is 51.5 Å². The molecule has 2 aromatic rings. The number of likely N-dealkylation sites (tertiary alicyclic amines) is 2. The summed E-state index contributed by atoms with van der Waals surface area (Å²) in [4.78, 5) is 22.2. The molecule has 0 spiro atoms. The molecule has 1 aromatic carbocycles. The molecule has 2 saturated heterocycles. The monoisotopic (exact) mass is 420 g/mol. The Morgan fingerprint density at radius 1 is 1.00 bits per heavy atom. The lowest BCUT2D eigenvalue weighted by Crippen LogP contribution is -2.47. The maximum atomic E-state index is 12.5. The molecule has 2 fully saturated rings. The van der Waals surface area contributed by atoms with Gasteiger partial charge in [0.2, 0.25) is 0 Å². The normalized spacial score (nSPS) is 18.7. The summed E-state index contributed by atoms with van der Waals surface area (Å²) in [5.41, 5.74) is 3.82. The molecule has 1 aromatic heterocycles. The van der Waals surface area contributed by atoms with Gasteiger partial charge >= 0.3 is 0 Å². The number of nitrogens with zero attached hydrogens (tertiary/aromatic N) is 3. The number of hydrogen-bond donors (Lipinski definition) is 1. The van der Waals surface area contributed by atoms with Gasteiger partial charge in [-0.15, -0.1) is 0 Å². The number of rotatable bonds is 7. The first-order chi connectivity index (χ1) is 15.2. The number of pyridine rings is 1. The number of amides is 1. The van der Waals surface area contributed by atoms with Crippen molar-refractivity contribution in [1.82, 2.24) is 20.1 Å². The molecular formula is C26H36N4O. The largest absolute Gasteiger partial charge is 0.352 e. The first-order valence-electron chi connectivity index (χ1n) is 12.0. The maximum absolute atomic E-state index is 12.5. The molecule has 5 heteroatoms. The van der Waals surface area contributed by atoms with Gasteiger partial charge in [-0.25, -0.2) is 0 Å². The van der Waals surface area contributed by atoms with Crippen molar-refractivity contribution in [1.29, 1.82) is 0 Å². The molecule has 5 nitrogen and oxygen atoms in total. The predicted octanol–water partition coefficient (Wildman–Crippen LogP) is 4.13. The van der Waals surface area contributed by atoms with Gasteiger partial charge < -0.3 is 15.1 Å². The van der Waals surface area contributed by atoms with E-state index in [4.69, 9.17) is 0 Å². The summed E-state index contributed by atoms with van der Waals surface area (Å²) in [5.74, 6) is 0.00669. The van der Waals surface area contributed by atoms with Crippen LogP contribution in [0.2, 0.25) is 0 Å². The predicted molar refractivity (Wildman–Crippen MR) is 126 cm³/mol. The van der Waals surface area contributed by atoms with Crippen LogP contribution in [0.3, 0.4) is 0 Å². The lowest BCUT2D eigenvalue weighted by atomic mass is 10.00. The van der Waals surface area contributed by atoms with Crippen LogP contribution in [-0.2, 0) is 0 Å². The Labute approximate surface area is 186 Å². The summed E-state index contributed by atoms with van der Waals surface area (Å²) in [6.07, 6.45) is 9.65. The number of nitrogens with one attached hydrogen (secondary N) is 1. The summed E-state index contributed by atoms with van der Waals surface area (Å²) >= 11 is 0. The third-order valence-electron chi connectivity index (χ3n) is 6.76. The first-order valence-corrected chi connectivity index (χ1v) is 12.0. The number of carbonyl (C=O) groups is 1. The molecule has 2 aliphatic rings. The summed E-state index contributed by atoms with van der Waals surface area (Å²) in [5, 5.41) is 3.08. The van der Waals surface area contributed by atoms with Gasteiger partial charge in [-0.2, -0.15) is 0 Å². The number of benzene rings is 1. The quantitative estimate of drug-likeness (QED) is 0.685. The number of piperidine rings is 2. The van der Waals surface area contributed by atoms with Crippen LogP contribution in [0.25, 0.3) is 11.3 Å². The van der Waals surface area contributed by atoms with E-state index >= 15 is 0 Å². The molecule has 0 bridgehead atoms. The highest BCUT2D eigenvalue weighted by Gasteiger charge is 2.25. The van der Waals surface area contributed by atoms with Crippen molar-refractivity contribution >= 4 is 5.91 Å². The Balaban J connectivity index is 1.15. The van der Waals surface area contributed by atoms with E-state index in [0.717, 1.165) is 42.4 Å². The van der Waals surface area contributed by atoms with Crippen LogP contribution >= 0.6 is 0 Å². The van der Waals surface area contributed by atoms with Gasteiger partial charge in [0, 0.05) is 29.9 Å². The first kappa shape index (κ1) is 22.0. The second-order valence-corrected chi connectivity index (χ2v) is 9.08. The molecule has 3 heterocycles. The van der Waals surface area contributed by atoms with E-state index in [0.29, 0.717) is 5.56 Å². The summed E-state index contributed by atoms with van der Waals surface area (Å²) in [6, 6.07) is 12.6. The zero-order chi connectivity index (χ0) is 21.5. The molecule has 1 amide bonds. The summed E-state index contributed by atoms with van der Waals surface area (Å²) < 4.78 is 0. The van der Waals surface area contributed by atoms with Crippen molar-refractivity contribution in [2.24, 2.45) is 0 Å². The van der Waals surface area contributed by atoms with Crippen molar-refractivity contribution in [3.05, 3.63) is 53.7 Å². The van der Waals surface area contributed by atoms with Crippen LogP contribution in [0.15, 0.2) is 42.6 Å². The number of aryl methyl sites for hydroxylation is 1. The number of aromatic nitrogens is 1. The van der Waals surface area contributed by atoms with Gasteiger partial charge in [0.25, 0.3) is 5.91 Å². The average molecular weight is 421 g/mol. The molecule has 0 saturated carbocycles. The smallest absolute Gasteiger partial charge is 0.251 e. The van der Waals surface area contributed by atoms with Crippen molar-refractivity contribution in [3.63, 3.8) is 0 Å². The van der Waals surface area contributed by atoms with Gasteiger partial charge in [-0.1, -0.05) is 24.6 Å². The lowest BCUT2D eigenvalue weighted by molar-refractivity contribution is 0.0903. The zero-order valence-electron chi connectivity index (χ0n) is 18.9. The molecule has 0 unspecified atom stereocenters. The van der Waals surface area contributed by atoms with E-state index in [9.17, 15) is 4.79 Å². The Morgan fingerprint density at radius 2 is 1.74 bits per heavy atom. The molecule has 0 atom stereocenters. The topological polar surface area (TPSA) is 48.5 Å². The fourth-order valence-corrected chi connectivity index (χ4v) is 4.83. The van der Waals surface area contributed by atoms with Gasteiger partial charge in [-0.05, 0) is 95.5 Å². The van der Waals surface area contributed by atoms with Crippen LogP contribution in [0.1, 0.15) is 54.4 Å². The fourth-order valence-electron chi connectivity index (χ4n) is 4.83. The lowest BCUT2D eigenvalue weighted by Gasteiger charge is -2.40. The van der Waals surface area contributed by atoms with Gasteiger partial charge in [0.1, 0.15) is 0 Å². The molecule has 2 aliphatic heterocycles. The highest BCUT2D eigenvalue weighted by atomic mass is 16.1. The van der Waals surface area contributed by atoms with E-state index < -0.39 is 0 Å². The van der Waals surface area contributed by atoms with Crippen LogP contribution in [0.4, 0.5) is 0 Å². The van der Waals surface area contributed by atoms with Crippen molar-refractivity contribution < 1.29 is 4.79 Å². The Kier molecular flexibility index (Phi) is 7.71. The van der Waals surface area contributed by atoms with Gasteiger partial charge in [-0.3, -0.25) is 9.78 Å². The van der Waals surface area contributed by atoms with E-state index in [1.165, 1.54) is 58.3 Å². The Morgan fingerprint density at radius 3 is 2.42 bits per heavy atom. The third kappa shape index (κ3) is 6.14. The minimum atomic E-state index is 0.00669. The van der Waals surface area contributed by atoms with Crippen LogP contribution in [0, 0.1) is 6.92 Å².